The first-order valence-electron chi connectivity index (χ1n) is 10.7. The summed E-state index contributed by atoms with van der Waals surface area (Å²) < 4.78 is 0. The molecular weight excluding hydrogens is 296 g/mol. The Kier molecular flexibility index (Phi) is 6.74. The Morgan fingerprint density at radius 3 is 2.00 bits per heavy atom. The fourth-order valence-corrected chi connectivity index (χ4v) is 5.61. The summed E-state index contributed by atoms with van der Waals surface area (Å²) in [5.74, 6) is 2.90. The molecule has 3 aliphatic rings. The van der Waals surface area contributed by atoms with E-state index in [1.807, 2.05) is 0 Å². The molecule has 1 aliphatic heterocycles. The van der Waals surface area contributed by atoms with E-state index in [2.05, 4.69) is 19.0 Å². The van der Waals surface area contributed by atoms with E-state index in [1.54, 1.807) is 4.90 Å². The van der Waals surface area contributed by atoms with E-state index in [1.165, 1.54) is 83.7 Å². The molecule has 0 aromatic rings. The predicted molar refractivity (Wildman–Crippen MR) is 99.3 cm³/mol. The van der Waals surface area contributed by atoms with Gasteiger partial charge >= 0.3 is 0 Å². The molecule has 3 heteroatoms. The van der Waals surface area contributed by atoms with Crippen molar-refractivity contribution in [3.63, 3.8) is 0 Å². The molecule has 3 nitrogen and oxygen atoms in total. The van der Waals surface area contributed by atoms with Crippen molar-refractivity contribution >= 4 is 5.78 Å². The maximum Gasteiger partial charge on any atom is 0.189 e. The minimum atomic E-state index is 0.393. The summed E-state index contributed by atoms with van der Waals surface area (Å²) >= 11 is 0. The second-order valence-corrected chi connectivity index (χ2v) is 9.10. The number of hydrogen-bond acceptors (Lipinski definition) is 2. The number of hydrogen-bond donors (Lipinski definition) is 1. The molecule has 0 bridgehead atoms. The highest BCUT2D eigenvalue weighted by Crippen LogP contribution is 2.39. The van der Waals surface area contributed by atoms with Gasteiger partial charge in [-0.3, -0.25) is 4.79 Å². The monoisotopic (exact) mass is 335 g/mol. The van der Waals surface area contributed by atoms with Gasteiger partial charge in [0.25, 0.3) is 0 Å². The van der Waals surface area contributed by atoms with E-state index in [0.717, 1.165) is 24.4 Å². The van der Waals surface area contributed by atoms with E-state index in [-0.39, 0.29) is 0 Å². The molecule has 0 amide bonds. The quantitative estimate of drug-likeness (QED) is 0.835. The highest BCUT2D eigenvalue weighted by Gasteiger charge is 2.33. The highest BCUT2D eigenvalue weighted by molar-refractivity contribution is 5.81. The summed E-state index contributed by atoms with van der Waals surface area (Å²) in [6.45, 7) is 3.18. The van der Waals surface area contributed by atoms with Gasteiger partial charge < -0.3 is 9.80 Å². The molecule has 0 atom stereocenters. The van der Waals surface area contributed by atoms with Crippen LogP contribution in [0.2, 0.25) is 0 Å². The maximum absolute atomic E-state index is 12.7. The SMILES string of the molecule is CN(C)C1CC[NH+](CC(=O)C2CCC(C3CCCCC3)CC2)CC1. The van der Waals surface area contributed by atoms with Crippen LogP contribution in [0.4, 0.5) is 0 Å². The van der Waals surface area contributed by atoms with Crippen LogP contribution in [-0.4, -0.2) is 50.5 Å². The number of ketones is 1. The van der Waals surface area contributed by atoms with Crippen LogP contribution < -0.4 is 4.90 Å². The van der Waals surface area contributed by atoms with Crippen LogP contribution in [0.15, 0.2) is 0 Å². The van der Waals surface area contributed by atoms with Crippen molar-refractivity contribution in [2.75, 3.05) is 33.7 Å². The van der Waals surface area contributed by atoms with E-state index in [0.29, 0.717) is 11.7 Å². The van der Waals surface area contributed by atoms with Crippen LogP contribution in [0, 0.1) is 17.8 Å². The smallest absolute Gasteiger partial charge is 0.189 e. The zero-order chi connectivity index (χ0) is 16.9. The minimum absolute atomic E-state index is 0.393. The minimum Gasteiger partial charge on any atom is -0.329 e. The fraction of sp³-hybridized carbons (Fsp3) is 0.952. The molecule has 2 aliphatic carbocycles. The lowest BCUT2D eigenvalue weighted by Crippen LogP contribution is -3.14. The summed E-state index contributed by atoms with van der Waals surface area (Å²) in [5.41, 5.74) is 0. The Hall–Kier alpha value is -0.410. The lowest BCUT2D eigenvalue weighted by molar-refractivity contribution is -0.897. The molecule has 3 rings (SSSR count). The molecule has 1 heterocycles. The average molecular weight is 336 g/mol. The lowest BCUT2D eigenvalue weighted by Gasteiger charge is -2.36. The Balaban J connectivity index is 1.38. The van der Waals surface area contributed by atoms with Gasteiger partial charge in [-0.1, -0.05) is 32.1 Å². The summed E-state index contributed by atoms with van der Waals surface area (Å²) in [4.78, 5) is 16.6. The first kappa shape index (κ1) is 18.4. The van der Waals surface area contributed by atoms with Crippen molar-refractivity contribution in [1.82, 2.24) is 4.90 Å². The average Bonchev–Trinajstić information content (AvgIpc) is 2.63. The van der Waals surface area contributed by atoms with Crippen molar-refractivity contribution in [2.45, 2.75) is 76.7 Å². The Labute approximate surface area is 149 Å². The second kappa shape index (κ2) is 8.80. The Bertz CT molecular complexity index is 387. The van der Waals surface area contributed by atoms with E-state index in [4.69, 9.17) is 0 Å². The van der Waals surface area contributed by atoms with Crippen molar-refractivity contribution in [2.24, 2.45) is 17.8 Å². The normalized spacial score (nSPS) is 36.0. The number of likely N-dealkylation sites (tertiary alicyclic amines) is 1. The van der Waals surface area contributed by atoms with E-state index >= 15 is 0 Å². The van der Waals surface area contributed by atoms with Gasteiger partial charge in [-0.15, -0.1) is 0 Å². The first-order chi connectivity index (χ1) is 11.6. The number of Topliss-reactive ketones (excluding diaryl/α,β-unsaturated/α-hetero) is 1. The van der Waals surface area contributed by atoms with Crippen molar-refractivity contribution in [3.8, 4) is 0 Å². The molecule has 138 valence electrons. The van der Waals surface area contributed by atoms with Crippen LogP contribution in [0.5, 0.6) is 0 Å². The second-order valence-electron chi connectivity index (χ2n) is 9.10. The lowest BCUT2D eigenvalue weighted by atomic mass is 9.70. The molecule has 24 heavy (non-hydrogen) atoms. The van der Waals surface area contributed by atoms with Crippen LogP contribution in [0.3, 0.4) is 0 Å². The molecule has 0 aromatic heterocycles. The predicted octanol–water partition coefficient (Wildman–Crippen LogP) is 2.55. The third kappa shape index (κ3) is 4.82. The highest BCUT2D eigenvalue weighted by atomic mass is 16.1. The number of quaternary nitrogens is 1. The van der Waals surface area contributed by atoms with Gasteiger partial charge in [0.15, 0.2) is 5.78 Å². The Morgan fingerprint density at radius 1 is 0.833 bits per heavy atom. The molecule has 2 saturated carbocycles. The number of carbonyl (C=O) groups is 1. The molecule has 3 fully saturated rings. The number of piperidine rings is 1. The molecule has 0 unspecified atom stereocenters. The van der Waals surface area contributed by atoms with Crippen molar-refractivity contribution in [1.29, 1.82) is 0 Å². The van der Waals surface area contributed by atoms with Gasteiger partial charge in [0.2, 0.25) is 0 Å². The maximum atomic E-state index is 12.7. The third-order valence-electron chi connectivity index (χ3n) is 7.36. The van der Waals surface area contributed by atoms with Crippen LogP contribution in [0.1, 0.15) is 70.6 Å². The standard InChI is InChI=1S/C21H38N2O/c1-22(2)20-12-14-23(15-13-20)16-21(24)19-10-8-18(9-11-19)17-6-4-3-5-7-17/h17-20H,3-16H2,1-2H3/p+1. The molecular formula is C21H39N2O+. The summed E-state index contributed by atoms with van der Waals surface area (Å²) in [7, 11) is 4.37. The van der Waals surface area contributed by atoms with Gasteiger partial charge in [-0.05, 0) is 51.6 Å². The number of rotatable bonds is 5. The van der Waals surface area contributed by atoms with Gasteiger partial charge in [-0.2, -0.15) is 0 Å². The van der Waals surface area contributed by atoms with Gasteiger partial charge in [0, 0.05) is 24.8 Å². The molecule has 0 spiro atoms. The zero-order valence-electron chi connectivity index (χ0n) is 16.1. The Morgan fingerprint density at radius 2 is 1.42 bits per heavy atom. The first-order valence-corrected chi connectivity index (χ1v) is 10.7. The molecule has 0 radical (unpaired) electrons. The van der Waals surface area contributed by atoms with Crippen LogP contribution in [0.25, 0.3) is 0 Å². The number of nitrogens with one attached hydrogen (secondary N) is 1. The summed E-state index contributed by atoms with van der Waals surface area (Å²) in [6.07, 6.45) is 14.8. The van der Waals surface area contributed by atoms with Crippen molar-refractivity contribution in [3.05, 3.63) is 0 Å². The molecule has 0 aromatic carbocycles. The van der Waals surface area contributed by atoms with E-state index < -0.39 is 0 Å². The summed E-state index contributed by atoms with van der Waals surface area (Å²) in [5, 5.41) is 0. The summed E-state index contributed by atoms with van der Waals surface area (Å²) in [6, 6.07) is 0.731. The third-order valence-corrected chi connectivity index (χ3v) is 7.36. The molecule has 1 N–H and O–H groups in total. The van der Waals surface area contributed by atoms with Crippen LogP contribution in [-0.2, 0) is 4.79 Å². The number of nitrogens with zero attached hydrogens (tertiary/aromatic N) is 1. The topological polar surface area (TPSA) is 24.8 Å². The van der Waals surface area contributed by atoms with Crippen molar-refractivity contribution < 1.29 is 9.69 Å². The van der Waals surface area contributed by atoms with Crippen LogP contribution >= 0.6 is 0 Å². The number of carbonyl (C=O) groups excluding carboxylic acids is 1. The van der Waals surface area contributed by atoms with E-state index in [9.17, 15) is 4.79 Å². The molecule has 1 saturated heterocycles. The largest absolute Gasteiger partial charge is 0.329 e. The zero-order valence-corrected chi connectivity index (χ0v) is 16.1. The van der Waals surface area contributed by atoms with Gasteiger partial charge in [0.1, 0.15) is 6.54 Å². The van der Waals surface area contributed by atoms with Gasteiger partial charge in [-0.25, -0.2) is 0 Å². The fourth-order valence-electron chi connectivity index (χ4n) is 5.61. The van der Waals surface area contributed by atoms with Gasteiger partial charge in [0.05, 0.1) is 13.1 Å².